The fraction of sp³-hybridized carbons (Fsp3) is 0.435. The number of piperidine rings is 2. The van der Waals surface area contributed by atoms with Crippen molar-refractivity contribution in [1.82, 2.24) is 0 Å². The lowest BCUT2D eigenvalue weighted by Crippen LogP contribution is -2.42. The van der Waals surface area contributed by atoms with Gasteiger partial charge >= 0.3 is 12.4 Å². The normalized spacial score (nSPS) is 21.8. The standard InChI is InChI=1S/C23H25F3N2O2.C23H25F3N2OS/c2*24-23(25,26)18-7-10-21(28-12-11-15-3-1-2-4-17(15)14-28)20(13-18)27-22(30)16-5-8-19(29)9-6-16/h2*5-10,13,15,17,29H,1-4,11-12,14H2,(H,27,30)/t2*15-,17-/m11/s1. The molecule has 2 saturated heterocycles. The van der Waals surface area contributed by atoms with Gasteiger partial charge in [0.15, 0.2) is 0 Å². The van der Waals surface area contributed by atoms with Gasteiger partial charge in [-0.25, -0.2) is 0 Å². The summed E-state index contributed by atoms with van der Waals surface area (Å²) in [6, 6.07) is 19.3. The van der Waals surface area contributed by atoms with Crippen molar-refractivity contribution >= 4 is 45.9 Å². The highest BCUT2D eigenvalue weighted by atomic mass is 32.1. The molecule has 0 unspecified atom stereocenters. The zero-order chi connectivity index (χ0) is 42.6. The predicted molar refractivity (Wildman–Crippen MR) is 227 cm³/mol. The van der Waals surface area contributed by atoms with Crippen LogP contribution in [0.5, 0.6) is 11.5 Å². The lowest BCUT2D eigenvalue weighted by atomic mass is 9.75. The van der Waals surface area contributed by atoms with Crippen LogP contribution >= 0.6 is 12.2 Å². The summed E-state index contributed by atoms with van der Waals surface area (Å²) < 4.78 is 80.0. The molecule has 4 aromatic rings. The molecule has 4 atom stereocenters. The topological polar surface area (TPSA) is 88.1 Å². The number of phenols is 2. The summed E-state index contributed by atoms with van der Waals surface area (Å²) in [5.74, 6) is 2.20. The van der Waals surface area contributed by atoms with E-state index in [1.165, 1.54) is 87.4 Å². The first-order chi connectivity index (χ1) is 28.6. The minimum Gasteiger partial charge on any atom is -0.508 e. The molecule has 2 heterocycles. The van der Waals surface area contributed by atoms with E-state index >= 15 is 0 Å². The highest BCUT2D eigenvalue weighted by molar-refractivity contribution is 7.81. The number of halogens is 6. The van der Waals surface area contributed by atoms with E-state index in [4.69, 9.17) is 12.2 Å². The summed E-state index contributed by atoms with van der Waals surface area (Å²) in [6.07, 6.45) is 3.00. The van der Waals surface area contributed by atoms with Gasteiger partial charge in [-0.05, 0) is 134 Å². The molecule has 320 valence electrons. The molecule has 0 radical (unpaired) electrons. The van der Waals surface area contributed by atoms with Crippen molar-refractivity contribution < 1.29 is 41.4 Å². The number of anilines is 4. The Labute approximate surface area is 351 Å². The summed E-state index contributed by atoms with van der Waals surface area (Å²) in [5.41, 5.74) is 1.33. The van der Waals surface area contributed by atoms with Gasteiger partial charge in [0.2, 0.25) is 0 Å². The zero-order valence-electron chi connectivity index (χ0n) is 33.2. The Morgan fingerprint density at radius 3 is 1.38 bits per heavy atom. The van der Waals surface area contributed by atoms with Gasteiger partial charge in [0.05, 0.1) is 33.9 Å². The first-order valence-corrected chi connectivity index (χ1v) is 21.2. The molecule has 7 nitrogen and oxygen atoms in total. The van der Waals surface area contributed by atoms with E-state index in [2.05, 4.69) is 20.4 Å². The minimum absolute atomic E-state index is 0.0154. The molecule has 4 N–H and O–H groups in total. The van der Waals surface area contributed by atoms with E-state index < -0.39 is 29.4 Å². The Bertz CT molecular complexity index is 1980. The van der Waals surface area contributed by atoms with Crippen LogP contribution in [0.15, 0.2) is 84.9 Å². The van der Waals surface area contributed by atoms with Crippen molar-refractivity contribution in [2.75, 3.05) is 46.6 Å². The Hall–Kier alpha value is -4.98. The Morgan fingerprint density at radius 1 is 0.550 bits per heavy atom. The molecule has 14 heteroatoms. The smallest absolute Gasteiger partial charge is 0.416 e. The predicted octanol–water partition coefficient (Wildman–Crippen LogP) is 11.9. The maximum atomic E-state index is 13.4. The second kappa shape index (κ2) is 18.3. The van der Waals surface area contributed by atoms with Crippen LogP contribution in [-0.2, 0) is 12.4 Å². The molecule has 2 aliphatic carbocycles. The van der Waals surface area contributed by atoms with Gasteiger partial charge in [0, 0.05) is 37.3 Å². The molecule has 0 aromatic heterocycles. The lowest BCUT2D eigenvalue weighted by Gasteiger charge is -2.43. The average molecular weight is 853 g/mol. The summed E-state index contributed by atoms with van der Waals surface area (Å²) in [5, 5.41) is 24.6. The first kappa shape index (κ1) is 43.1. The average Bonchev–Trinajstić information content (AvgIpc) is 3.23. The third-order valence-corrected chi connectivity index (χ3v) is 13.0. The number of carbonyl (C=O) groups excluding carboxylic acids is 1. The molecule has 1 amide bonds. The second-order valence-corrected chi connectivity index (χ2v) is 16.9. The quantitative estimate of drug-likeness (QED) is 0.113. The van der Waals surface area contributed by atoms with Crippen LogP contribution in [0.3, 0.4) is 0 Å². The van der Waals surface area contributed by atoms with Crippen molar-refractivity contribution in [3.8, 4) is 11.5 Å². The second-order valence-electron chi connectivity index (χ2n) is 16.5. The van der Waals surface area contributed by atoms with Gasteiger partial charge in [0.25, 0.3) is 5.91 Å². The van der Waals surface area contributed by atoms with Crippen LogP contribution in [-0.4, -0.2) is 47.3 Å². The molecule has 8 rings (SSSR count). The van der Waals surface area contributed by atoms with E-state index in [0.717, 1.165) is 81.3 Å². The number of fused-ring (bicyclic) bond motifs is 2. The van der Waals surface area contributed by atoms with Crippen molar-refractivity contribution in [3.05, 3.63) is 107 Å². The van der Waals surface area contributed by atoms with E-state index in [9.17, 15) is 41.4 Å². The summed E-state index contributed by atoms with van der Waals surface area (Å²) in [7, 11) is 0. The lowest BCUT2D eigenvalue weighted by molar-refractivity contribution is -0.138. The number of thiocarbonyl (C=S) groups is 1. The molecule has 2 saturated carbocycles. The van der Waals surface area contributed by atoms with E-state index in [-0.39, 0.29) is 22.7 Å². The Balaban J connectivity index is 0.000000181. The summed E-state index contributed by atoms with van der Waals surface area (Å²) in [6.45, 7) is 3.29. The molecule has 60 heavy (non-hydrogen) atoms. The van der Waals surface area contributed by atoms with Crippen LogP contribution in [0.4, 0.5) is 49.1 Å². The molecule has 0 bridgehead atoms. The van der Waals surface area contributed by atoms with Crippen molar-refractivity contribution in [2.45, 2.75) is 76.6 Å². The number of carbonyl (C=O) groups is 1. The number of alkyl halides is 6. The van der Waals surface area contributed by atoms with Crippen molar-refractivity contribution in [3.63, 3.8) is 0 Å². The number of hydrogen-bond donors (Lipinski definition) is 4. The number of phenolic OH excluding ortho intramolecular Hbond substituents is 2. The van der Waals surface area contributed by atoms with Crippen LogP contribution < -0.4 is 20.4 Å². The summed E-state index contributed by atoms with van der Waals surface area (Å²) in [4.78, 5) is 17.3. The van der Waals surface area contributed by atoms with Gasteiger partial charge in [0.1, 0.15) is 16.5 Å². The molecule has 4 aromatic carbocycles. The van der Waals surface area contributed by atoms with Gasteiger partial charge in [-0.3, -0.25) is 4.79 Å². The highest BCUT2D eigenvalue weighted by Gasteiger charge is 2.36. The third kappa shape index (κ3) is 10.5. The Kier molecular flexibility index (Phi) is 13.2. The molecule has 4 fully saturated rings. The SMILES string of the molecule is O=C(Nc1cc(C(F)(F)F)ccc1N1CC[C@H]2CCCC[C@@H]2C1)c1ccc(O)cc1.Oc1ccc(C(=S)Nc2cc(C(F)(F)F)ccc2N2CC[C@H]3CCCC[C@@H]3C2)cc1. The largest absolute Gasteiger partial charge is 0.508 e. The molecular formula is C46H50F6N4O3S. The maximum absolute atomic E-state index is 13.4. The fourth-order valence-corrected chi connectivity index (χ4v) is 9.68. The number of rotatable bonds is 6. The number of nitrogens with zero attached hydrogens (tertiary/aromatic N) is 2. The van der Waals surface area contributed by atoms with Gasteiger partial charge in [-0.15, -0.1) is 0 Å². The zero-order valence-corrected chi connectivity index (χ0v) is 34.0. The molecular weight excluding hydrogens is 803 g/mol. The van der Waals surface area contributed by atoms with Crippen LogP contribution in [0, 0.1) is 23.7 Å². The molecule has 0 spiro atoms. The fourth-order valence-electron chi connectivity index (χ4n) is 9.43. The monoisotopic (exact) mass is 852 g/mol. The van der Waals surface area contributed by atoms with Crippen molar-refractivity contribution in [2.24, 2.45) is 23.7 Å². The minimum atomic E-state index is -4.49. The molecule has 2 aliphatic heterocycles. The van der Waals surface area contributed by atoms with Crippen LogP contribution in [0.1, 0.15) is 91.3 Å². The number of nitrogens with one attached hydrogen (secondary N) is 2. The number of hydrogen-bond acceptors (Lipinski definition) is 6. The number of amides is 1. The van der Waals surface area contributed by atoms with E-state index in [1.807, 2.05) is 0 Å². The first-order valence-electron chi connectivity index (χ1n) is 20.8. The third-order valence-electron chi connectivity index (χ3n) is 12.7. The van der Waals surface area contributed by atoms with Crippen LogP contribution in [0.25, 0.3) is 0 Å². The van der Waals surface area contributed by atoms with Gasteiger partial charge in [-0.2, -0.15) is 26.3 Å². The number of benzene rings is 4. The Morgan fingerprint density at radius 2 is 0.950 bits per heavy atom. The summed E-state index contributed by atoms with van der Waals surface area (Å²) >= 11 is 5.44. The molecule has 4 aliphatic rings. The van der Waals surface area contributed by atoms with Crippen LogP contribution in [0.2, 0.25) is 0 Å². The number of aromatic hydroxyl groups is 2. The van der Waals surface area contributed by atoms with E-state index in [0.29, 0.717) is 39.7 Å². The van der Waals surface area contributed by atoms with Crippen molar-refractivity contribution in [1.29, 1.82) is 0 Å². The highest BCUT2D eigenvalue weighted by Crippen LogP contribution is 2.43. The van der Waals surface area contributed by atoms with Gasteiger partial charge in [-0.1, -0.05) is 50.7 Å². The van der Waals surface area contributed by atoms with E-state index in [1.54, 1.807) is 18.2 Å². The van der Waals surface area contributed by atoms with Gasteiger partial charge < -0.3 is 30.6 Å². The maximum Gasteiger partial charge on any atom is 0.416 e.